The first kappa shape index (κ1) is 19.9. The number of thiophene rings is 1. The Morgan fingerprint density at radius 1 is 1.23 bits per heavy atom. The van der Waals surface area contributed by atoms with Gasteiger partial charge in [-0.25, -0.2) is 9.80 Å². The number of carbonyl (C=O) groups excluding carboxylic acids is 2. The van der Waals surface area contributed by atoms with Crippen molar-refractivity contribution in [2.24, 2.45) is 5.10 Å². The van der Waals surface area contributed by atoms with Crippen molar-refractivity contribution in [1.29, 1.82) is 0 Å². The van der Waals surface area contributed by atoms with E-state index in [1.807, 2.05) is 35.7 Å². The van der Waals surface area contributed by atoms with Gasteiger partial charge in [-0.3, -0.25) is 4.79 Å². The highest BCUT2D eigenvalue weighted by molar-refractivity contribution is 7.12. The molecule has 0 saturated carbocycles. The second kappa shape index (κ2) is 8.96. The zero-order valence-corrected chi connectivity index (χ0v) is 17.1. The number of nitrogens with zero attached hydrogens (tertiary/aromatic N) is 2. The van der Waals surface area contributed by atoms with Gasteiger partial charge in [0.15, 0.2) is 6.61 Å². The van der Waals surface area contributed by atoms with Crippen LogP contribution in [0.4, 0.5) is 0 Å². The predicted octanol–water partition coefficient (Wildman–Crippen LogP) is 4.27. The van der Waals surface area contributed by atoms with E-state index in [-0.39, 0.29) is 18.6 Å². The van der Waals surface area contributed by atoms with Crippen LogP contribution in [0.15, 0.2) is 69.7 Å². The van der Waals surface area contributed by atoms with Gasteiger partial charge in [0.1, 0.15) is 17.2 Å². The largest absolute Gasteiger partial charge is 0.482 e. The van der Waals surface area contributed by atoms with Crippen molar-refractivity contribution >= 4 is 28.9 Å². The third kappa shape index (κ3) is 4.28. The minimum atomic E-state index is -0.429. The lowest BCUT2D eigenvalue weighted by molar-refractivity contribution is -0.145. The average molecular weight is 424 g/mol. The Labute approximate surface area is 177 Å². The quantitative estimate of drug-likeness (QED) is 0.529. The van der Waals surface area contributed by atoms with Gasteiger partial charge in [-0.1, -0.05) is 18.2 Å². The summed E-state index contributed by atoms with van der Waals surface area (Å²) in [7, 11) is 0. The van der Waals surface area contributed by atoms with Crippen LogP contribution < -0.4 is 4.74 Å². The molecule has 0 radical (unpaired) electrons. The normalized spacial score (nSPS) is 15.7. The van der Waals surface area contributed by atoms with Gasteiger partial charge in [-0.15, -0.1) is 11.3 Å². The standard InChI is InChI=1S/C22H20N2O5S/c1-2-27-21(25)14-29-16-7-3-6-15(12-16)18-13-17(19-8-4-10-28-19)23-24(18)22(26)20-9-5-11-30-20/h3-12,18H,2,13-14H2,1H3/t18-/m0/s1. The molecule has 0 spiro atoms. The molecule has 4 rings (SSSR count). The van der Waals surface area contributed by atoms with E-state index in [0.717, 1.165) is 5.56 Å². The van der Waals surface area contributed by atoms with Crippen LogP contribution in [0.1, 0.15) is 40.4 Å². The SMILES string of the molecule is CCOC(=O)COc1cccc([C@@H]2CC(c3ccco3)=NN2C(=O)c2cccs2)c1. The highest BCUT2D eigenvalue weighted by Gasteiger charge is 2.35. The number of hydrogen-bond donors (Lipinski definition) is 0. The molecular weight excluding hydrogens is 404 g/mol. The Morgan fingerprint density at radius 3 is 2.87 bits per heavy atom. The molecule has 0 aliphatic carbocycles. The fraction of sp³-hybridized carbons (Fsp3) is 0.227. The Balaban J connectivity index is 1.59. The molecule has 0 bridgehead atoms. The van der Waals surface area contributed by atoms with Gasteiger partial charge in [0.05, 0.1) is 23.8 Å². The maximum Gasteiger partial charge on any atom is 0.344 e. The fourth-order valence-corrected chi connectivity index (χ4v) is 3.87. The molecule has 30 heavy (non-hydrogen) atoms. The fourth-order valence-electron chi connectivity index (χ4n) is 3.22. The minimum absolute atomic E-state index is 0.172. The number of esters is 1. The average Bonchev–Trinajstić information content (AvgIpc) is 3.53. The molecular formula is C22H20N2O5S. The number of hydrogen-bond acceptors (Lipinski definition) is 7. The number of hydrazone groups is 1. The van der Waals surface area contributed by atoms with Gasteiger partial charge in [0.2, 0.25) is 0 Å². The highest BCUT2D eigenvalue weighted by atomic mass is 32.1. The molecule has 0 fully saturated rings. The molecule has 1 aliphatic heterocycles. The Morgan fingerprint density at radius 2 is 2.13 bits per heavy atom. The van der Waals surface area contributed by atoms with Gasteiger partial charge in [0.25, 0.3) is 5.91 Å². The summed E-state index contributed by atoms with van der Waals surface area (Å²) in [5, 5.41) is 7.93. The molecule has 1 atom stereocenters. The van der Waals surface area contributed by atoms with Crippen LogP contribution in [-0.4, -0.2) is 35.8 Å². The van der Waals surface area contributed by atoms with Crippen molar-refractivity contribution in [3.05, 3.63) is 76.4 Å². The van der Waals surface area contributed by atoms with Crippen molar-refractivity contribution in [3.8, 4) is 5.75 Å². The second-order valence-corrected chi connectivity index (χ2v) is 7.48. The summed E-state index contributed by atoms with van der Waals surface area (Å²) in [4.78, 5) is 25.3. The molecule has 0 N–H and O–H groups in total. The van der Waals surface area contributed by atoms with Crippen molar-refractivity contribution in [3.63, 3.8) is 0 Å². The van der Waals surface area contributed by atoms with Crippen molar-refractivity contribution in [1.82, 2.24) is 5.01 Å². The maximum atomic E-state index is 13.1. The summed E-state index contributed by atoms with van der Waals surface area (Å²) in [6, 6.07) is 14.2. The third-order valence-electron chi connectivity index (χ3n) is 4.56. The van der Waals surface area contributed by atoms with Gasteiger partial charge >= 0.3 is 5.97 Å². The Kier molecular flexibility index (Phi) is 5.94. The van der Waals surface area contributed by atoms with Crippen LogP contribution in [0.3, 0.4) is 0 Å². The Bertz CT molecular complexity index is 1040. The topological polar surface area (TPSA) is 81.3 Å². The second-order valence-electron chi connectivity index (χ2n) is 6.54. The van der Waals surface area contributed by atoms with Crippen LogP contribution in [0, 0.1) is 0 Å². The molecule has 8 heteroatoms. The monoisotopic (exact) mass is 424 g/mol. The van der Waals surface area contributed by atoms with Crippen LogP contribution >= 0.6 is 11.3 Å². The van der Waals surface area contributed by atoms with E-state index in [0.29, 0.717) is 35.1 Å². The van der Waals surface area contributed by atoms with Crippen molar-refractivity contribution < 1.29 is 23.5 Å². The van der Waals surface area contributed by atoms with E-state index in [1.165, 1.54) is 16.3 Å². The number of benzene rings is 1. The van der Waals surface area contributed by atoms with E-state index in [4.69, 9.17) is 13.9 Å². The smallest absolute Gasteiger partial charge is 0.344 e. The van der Waals surface area contributed by atoms with E-state index in [2.05, 4.69) is 5.10 Å². The number of ether oxygens (including phenoxy) is 2. The Hall–Kier alpha value is -3.39. The molecule has 0 unspecified atom stereocenters. The summed E-state index contributed by atoms with van der Waals surface area (Å²) in [5.41, 5.74) is 1.55. The molecule has 7 nitrogen and oxygen atoms in total. The van der Waals surface area contributed by atoms with Gasteiger partial charge in [-0.2, -0.15) is 5.10 Å². The van der Waals surface area contributed by atoms with E-state index >= 15 is 0 Å². The van der Waals surface area contributed by atoms with Gasteiger partial charge in [-0.05, 0) is 48.2 Å². The lowest BCUT2D eigenvalue weighted by Crippen LogP contribution is -2.26. The van der Waals surface area contributed by atoms with E-state index in [9.17, 15) is 9.59 Å². The molecule has 154 valence electrons. The first-order valence-corrected chi connectivity index (χ1v) is 10.4. The van der Waals surface area contributed by atoms with Gasteiger partial charge in [0, 0.05) is 6.42 Å². The highest BCUT2D eigenvalue weighted by Crippen LogP contribution is 2.35. The molecule has 1 aliphatic rings. The van der Waals surface area contributed by atoms with Crippen LogP contribution in [0.5, 0.6) is 5.75 Å². The van der Waals surface area contributed by atoms with Crippen LogP contribution in [0.2, 0.25) is 0 Å². The maximum absolute atomic E-state index is 13.1. The molecule has 3 heterocycles. The van der Waals surface area contributed by atoms with E-state index < -0.39 is 5.97 Å². The van der Waals surface area contributed by atoms with Gasteiger partial charge < -0.3 is 13.9 Å². The molecule has 0 saturated heterocycles. The zero-order valence-electron chi connectivity index (χ0n) is 16.3. The van der Waals surface area contributed by atoms with E-state index in [1.54, 1.807) is 31.4 Å². The number of carbonyl (C=O) groups is 2. The number of rotatable bonds is 7. The summed E-state index contributed by atoms with van der Waals surface area (Å²) < 4.78 is 15.9. The summed E-state index contributed by atoms with van der Waals surface area (Å²) >= 11 is 1.37. The summed E-state index contributed by atoms with van der Waals surface area (Å²) in [5.74, 6) is 0.558. The lowest BCUT2D eigenvalue weighted by atomic mass is 10.0. The zero-order chi connectivity index (χ0) is 20.9. The number of furan rings is 1. The first-order chi connectivity index (χ1) is 14.7. The summed E-state index contributed by atoms with van der Waals surface area (Å²) in [6.45, 7) is 1.87. The lowest BCUT2D eigenvalue weighted by Gasteiger charge is -2.22. The number of amides is 1. The minimum Gasteiger partial charge on any atom is -0.482 e. The molecule has 1 amide bonds. The third-order valence-corrected chi connectivity index (χ3v) is 5.42. The molecule has 1 aromatic carbocycles. The van der Waals surface area contributed by atoms with Crippen LogP contribution in [-0.2, 0) is 9.53 Å². The molecule has 2 aromatic heterocycles. The first-order valence-electron chi connectivity index (χ1n) is 9.52. The predicted molar refractivity (Wildman–Crippen MR) is 112 cm³/mol. The summed E-state index contributed by atoms with van der Waals surface area (Å²) in [6.07, 6.45) is 2.09. The molecule has 3 aromatic rings. The van der Waals surface area contributed by atoms with Crippen LogP contribution in [0.25, 0.3) is 0 Å². The van der Waals surface area contributed by atoms with Crippen molar-refractivity contribution in [2.45, 2.75) is 19.4 Å². The van der Waals surface area contributed by atoms with Crippen molar-refractivity contribution in [2.75, 3.05) is 13.2 Å².